The molecule has 1 aliphatic rings. The van der Waals surface area contributed by atoms with Gasteiger partial charge < -0.3 is 9.47 Å². The van der Waals surface area contributed by atoms with Crippen molar-refractivity contribution in [3.63, 3.8) is 0 Å². The highest BCUT2D eigenvalue weighted by Gasteiger charge is 2.20. The zero-order valence-electron chi connectivity index (χ0n) is 14.0. The number of pyridine rings is 1. The molecule has 2 aromatic heterocycles. The topological polar surface area (TPSA) is 65.9 Å². The maximum absolute atomic E-state index is 9.22. The van der Waals surface area contributed by atoms with Crippen LogP contribution in [0.15, 0.2) is 24.7 Å². The first-order valence-corrected chi connectivity index (χ1v) is 8.47. The summed E-state index contributed by atoms with van der Waals surface area (Å²) in [6, 6.07) is 6.14. The molecule has 0 bridgehead atoms. The molecule has 7 nitrogen and oxygen atoms in total. The van der Waals surface area contributed by atoms with Crippen molar-refractivity contribution in [2.45, 2.75) is 26.6 Å². The summed E-state index contributed by atoms with van der Waals surface area (Å²) in [5, 5.41) is 13.6. The van der Waals surface area contributed by atoms with Crippen molar-refractivity contribution >= 4 is 18.0 Å². The summed E-state index contributed by atoms with van der Waals surface area (Å²) in [4.78, 5) is 8.85. The van der Waals surface area contributed by atoms with Gasteiger partial charge in [0.15, 0.2) is 4.77 Å². The van der Waals surface area contributed by atoms with E-state index < -0.39 is 0 Å². The Morgan fingerprint density at radius 2 is 2.04 bits per heavy atom. The van der Waals surface area contributed by atoms with Gasteiger partial charge in [0.1, 0.15) is 18.2 Å². The number of piperazine rings is 1. The number of nitrogens with zero attached hydrogens (tertiary/aromatic N) is 7. The minimum atomic E-state index is 0.316. The smallest absolute Gasteiger partial charge is 0.199 e. The van der Waals surface area contributed by atoms with Crippen molar-refractivity contribution in [1.82, 2.24) is 24.2 Å². The molecule has 1 fully saturated rings. The quantitative estimate of drug-likeness (QED) is 0.792. The largest absolute Gasteiger partial charge is 0.353 e. The molecule has 0 aromatic carbocycles. The third-order valence-corrected chi connectivity index (χ3v) is 4.65. The molecule has 1 saturated heterocycles. The average Bonchev–Trinajstić information content (AvgIpc) is 2.96. The second-order valence-corrected chi connectivity index (χ2v) is 6.51. The van der Waals surface area contributed by atoms with E-state index in [0.29, 0.717) is 18.3 Å². The Hall–Kier alpha value is -2.24. The normalized spacial score (nSPS) is 15.7. The second-order valence-electron chi connectivity index (χ2n) is 6.15. The van der Waals surface area contributed by atoms with Crippen LogP contribution in [-0.2, 0) is 6.67 Å². The van der Waals surface area contributed by atoms with Crippen LogP contribution in [-0.4, -0.2) is 50.4 Å². The molecule has 0 amide bonds. The summed E-state index contributed by atoms with van der Waals surface area (Å²) in [7, 11) is 0. The number of rotatable bonds is 4. The Bertz CT molecular complexity index is 793. The van der Waals surface area contributed by atoms with E-state index in [4.69, 9.17) is 12.2 Å². The first kappa shape index (κ1) is 16.6. The highest BCUT2D eigenvalue weighted by molar-refractivity contribution is 7.71. The van der Waals surface area contributed by atoms with Gasteiger partial charge in [-0.1, -0.05) is 0 Å². The van der Waals surface area contributed by atoms with Gasteiger partial charge in [-0.05, 0) is 38.2 Å². The highest BCUT2D eigenvalue weighted by atomic mass is 32.1. The summed E-state index contributed by atoms with van der Waals surface area (Å²) in [5.41, 5.74) is 0.629. The monoisotopic (exact) mass is 343 g/mol. The standard InChI is InChI=1S/C16H21N7S/c1-13(2)22-11-19-23(16(22)24)12-20-6-8-21(9-7-20)15-14(10-17)4-3-5-18-15/h3-5,11,13H,6-9,12H2,1-2H3. The van der Waals surface area contributed by atoms with Gasteiger partial charge in [-0.2, -0.15) is 10.4 Å². The molecule has 2 aromatic rings. The van der Waals surface area contributed by atoms with E-state index in [1.165, 1.54) is 0 Å². The van der Waals surface area contributed by atoms with Crippen LogP contribution in [0.25, 0.3) is 0 Å². The van der Waals surface area contributed by atoms with Crippen LogP contribution in [0, 0.1) is 16.1 Å². The van der Waals surface area contributed by atoms with E-state index in [1.54, 1.807) is 18.6 Å². The summed E-state index contributed by atoms with van der Waals surface area (Å²) in [6.45, 7) is 8.34. The van der Waals surface area contributed by atoms with Crippen LogP contribution in [0.5, 0.6) is 0 Å². The van der Waals surface area contributed by atoms with Crippen molar-refractivity contribution in [3.8, 4) is 6.07 Å². The molecule has 3 heterocycles. The second kappa shape index (κ2) is 7.11. The summed E-state index contributed by atoms with van der Waals surface area (Å²) in [6.07, 6.45) is 3.54. The fraction of sp³-hybridized carbons (Fsp3) is 0.500. The van der Waals surface area contributed by atoms with Crippen LogP contribution in [0.2, 0.25) is 0 Å². The predicted molar refractivity (Wildman–Crippen MR) is 94.2 cm³/mol. The molecule has 0 unspecified atom stereocenters. The van der Waals surface area contributed by atoms with E-state index in [-0.39, 0.29) is 0 Å². The molecule has 126 valence electrons. The highest BCUT2D eigenvalue weighted by Crippen LogP contribution is 2.18. The first-order chi connectivity index (χ1) is 11.6. The first-order valence-electron chi connectivity index (χ1n) is 8.06. The molecule has 3 rings (SSSR count). The Labute approximate surface area is 146 Å². The molecule has 0 spiro atoms. The fourth-order valence-electron chi connectivity index (χ4n) is 2.83. The minimum Gasteiger partial charge on any atom is -0.353 e. The Morgan fingerprint density at radius 1 is 1.29 bits per heavy atom. The van der Waals surface area contributed by atoms with Crippen molar-refractivity contribution < 1.29 is 0 Å². The van der Waals surface area contributed by atoms with Crippen molar-refractivity contribution in [2.75, 3.05) is 31.1 Å². The van der Waals surface area contributed by atoms with Gasteiger partial charge in [0.05, 0.1) is 12.2 Å². The molecule has 24 heavy (non-hydrogen) atoms. The van der Waals surface area contributed by atoms with Gasteiger partial charge in [-0.3, -0.25) is 4.90 Å². The van der Waals surface area contributed by atoms with Crippen molar-refractivity contribution in [3.05, 3.63) is 35.0 Å². The molecule has 1 aliphatic heterocycles. The van der Waals surface area contributed by atoms with Gasteiger partial charge in [0.25, 0.3) is 0 Å². The van der Waals surface area contributed by atoms with Crippen LogP contribution in [0.4, 0.5) is 5.82 Å². The maximum atomic E-state index is 9.22. The third-order valence-electron chi connectivity index (χ3n) is 4.23. The van der Waals surface area contributed by atoms with Gasteiger partial charge in [0, 0.05) is 38.4 Å². The van der Waals surface area contributed by atoms with Gasteiger partial charge in [-0.25, -0.2) is 9.67 Å². The predicted octanol–water partition coefficient (Wildman–Crippen LogP) is 2.04. The number of hydrogen-bond acceptors (Lipinski definition) is 6. The van der Waals surface area contributed by atoms with Crippen LogP contribution >= 0.6 is 12.2 Å². The Kier molecular flexibility index (Phi) is 4.92. The lowest BCUT2D eigenvalue weighted by atomic mass is 10.2. The average molecular weight is 343 g/mol. The molecule has 0 aliphatic carbocycles. The van der Waals surface area contributed by atoms with Crippen LogP contribution < -0.4 is 4.90 Å². The number of nitriles is 1. The molecule has 0 atom stereocenters. The van der Waals surface area contributed by atoms with E-state index in [0.717, 1.165) is 36.8 Å². The lowest BCUT2D eigenvalue weighted by Crippen LogP contribution is -2.47. The SMILES string of the molecule is CC(C)n1cnn(CN2CCN(c3ncccc3C#N)CC2)c1=S. The molecule has 0 saturated carbocycles. The fourth-order valence-corrected chi connectivity index (χ4v) is 3.19. The zero-order chi connectivity index (χ0) is 17.1. The van der Waals surface area contributed by atoms with E-state index in [1.807, 2.05) is 15.3 Å². The van der Waals surface area contributed by atoms with E-state index in [9.17, 15) is 5.26 Å². The van der Waals surface area contributed by atoms with Crippen molar-refractivity contribution in [2.24, 2.45) is 0 Å². The minimum absolute atomic E-state index is 0.316. The number of hydrogen-bond donors (Lipinski definition) is 0. The molecule has 0 radical (unpaired) electrons. The third kappa shape index (κ3) is 3.32. The molecular formula is C16H21N7S. The maximum Gasteiger partial charge on any atom is 0.199 e. The number of anilines is 1. The van der Waals surface area contributed by atoms with Crippen LogP contribution in [0.3, 0.4) is 0 Å². The van der Waals surface area contributed by atoms with Crippen molar-refractivity contribution in [1.29, 1.82) is 5.26 Å². The molecule has 0 N–H and O–H groups in total. The van der Waals surface area contributed by atoms with E-state index in [2.05, 4.69) is 39.8 Å². The van der Waals surface area contributed by atoms with Gasteiger partial charge in [-0.15, -0.1) is 0 Å². The molecular weight excluding hydrogens is 322 g/mol. The lowest BCUT2D eigenvalue weighted by molar-refractivity contribution is 0.193. The van der Waals surface area contributed by atoms with Gasteiger partial charge in [0.2, 0.25) is 0 Å². The molecule has 8 heteroatoms. The summed E-state index contributed by atoms with van der Waals surface area (Å²) < 4.78 is 4.62. The summed E-state index contributed by atoms with van der Waals surface area (Å²) >= 11 is 5.48. The zero-order valence-corrected chi connectivity index (χ0v) is 14.8. The van der Waals surface area contributed by atoms with Gasteiger partial charge >= 0.3 is 0 Å². The van der Waals surface area contributed by atoms with Crippen LogP contribution in [0.1, 0.15) is 25.5 Å². The van der Waals surface area contributed by atoms with E-state index >= 15 is 0 Å². The Balaban J connectivity index is 1.64. The lowest BCUT2D eigenvalue weighted by Gasteiger charge is -2.35. The number of aromatic nitrogens is 4. The Morgan fingerprint density at radius 3 is 2.67 bits per heavy atom. The summed E-state index contributed by atoms with van der Waals surface area (Å²) in [5.74, 6) is 0.778.